The van der Waals surface area contributed by atoms with Crippen molar-refractivity contribution in [2.45, 2.75) is 70.9 Å². The molecule has 5 nitrogen and oxygen atoms in total. The fraction of sp³-hybridized carbons (Fsp3) is 0.944. The molecule has 1 aliphatic heterocycles. The molecule has 3 rings (SSSR count). The first-order valence-corrected chi connectivity index (χ1v) is 11.5. The SMILES string of the molecule is CC(C)C1CCC(NC(=NCC2CCS(=O)(=O)C2)NC2CC2)CC1.I. The molecule has 0 aromatic carbocycles. The van der Waals surface area contributed by atoms with Gasteiger partial charge < -0.3 is 10.6 Å². The molecule has 146 valence electrons. The van der Waals surface area contributed by atoms with E-state index in [0.29, 0.717) is 30.1 Å². The van der Waals surface area contributed by atoms with Crippen molar-refractivity contribution >= 4 is 39.8 Å². The van der Waals surface area contributed by atoms with E-state index in [1.165, 1.54) is 38.5 Å². The van der Waals surface area contributed by atoms with Crippen LogP contribution in [0, 0.1) is 17.8 Å². The predicted molar refractivity (Wildman–Crippen MR) is 114 cm³/mol. The molecule has 0 amide bonds. The lowest BCUT2D eigenvalue weighted by atomic mass is 9.80. The van der Waals surface area contributed by atoms with E-state index in [1.807, 2.05) is 0 Å². The molecule has 0 spiro atoms. The number of hydrogen-bond donors (Lipinski definition) is 2. The van der Waals surface area contributed by atoms with Gasteiger partial charge in [0.05, 0.1) is 11.5 Å². The van der Waals surface area contributed by atoms with E-state index in [-0.39, 0.29) is 29.9 Å². The van der Waals surface area contributed by atoms with Gasteiger partial charge in [-0.15, -0.1) is 24.0 Å². The second kappa shape index (κ2) is 9.24. The molecule has 0 radical (unpaired) electrons. The van der Waals surface area contributed by atoms with E-state index in [4.69, 9.17) is 4.99 Å². The van der Waals surface area contributed by atoms with E-state index >= 15 is 0 Å². The largest absolute Gasteiger partial charge is 0.354 e. The molecule has 1 saturated heterocycles. The fourth-order valence-electron chi connectivity index (χ4n) is 3.91. The van der Waals surface area contributed by atoms with E-state index in [0.717, 1.165) is 24.2 Å². The molecule has 7 heteroatoms. The first kappa shape index (κ1) is 21.3. The van der Waals surface area contributed by atoms with Crippen molar-refractivity contribution in [3.05, 3.63) is 0 Å². The Hall–Kier alpha value is -0.0500. The van der Waals surface area contributed by atoms with E-state index in [9.17, 15) is 8.42 Å². The maximum Gasteiger partial charge on any atom is 0.191 e. The molecule has 1 atom stereocenters. The van der Waals surface area contributed by atoms with E-state index < -0.39 is 9.84 Å². The normalized spacial score (nSPS) is 32.3. The molecule has 1 heterocycles. The van der Waals surface area contributed by atoms with Crippen LogP contribution < -0.4 is 10.6 Å². The molecule has 0 aromatic heterocycles. The maximum absolute atomic E-state index is 11.6. The molecule has 2 aliphatic carbocycles. The summed E-state index contributed by atoms with van der Waals surface area (Å²) < 4.78 is 23.2. The summed E-state index contributed by atoms with van der Waals surface area (Å²) in [5.41, 5.74) is 0. The lowest BCUT2D eigenvalue weighted by molar-refractivity contribution is 0.250. The zero-order chi connectivity index (χ0) is 17.2. The minimum absolute atomic E-state index is 0. The van der Waals surface area contributed by atoms with Crippen LogP contribution in [0.2, 0.25) is 0 Å². The molecular formula is C18H34IN3O2S. The van der Waals surface area contributed by atoms with Crippen LogP contribution in [-0.2, 0) is 9.84 Å². The molecule has 2 saturated carbocycles. The lowest BCUT2D eigenvalue weighted by Gasteiger charge is -2.32. The van der Waals surface area contributed by atoms with Gasteiger partial charge in [-0.05, 0) is 62.7 Å². The summed E-state index contributed by atoms with van der Waals surface area (Å²) in [5, 5.41) is 7.13. The second-order valence-corrected chi connectivity index (χ2v) is 10.6. The standard InChI is InChI=1S/C18H33N3O2S.HI/c1-13(2)15-3-5-16(6-4-15)20-18(21-17-7-8-17)19-11-14-9-10-24(22,23)12-14;/h13-17H,3-12H2,1-2H3,(H2,19,20,21);1H. The molecule has 3 fully saturated rings. The van der Waals surface area contributed by atoms with Gasteiger partial charge in [-0.1, -0.05) is 13.8 Å². The second-order valence-electron chi connectivity index (χ2n) is 8.38. The summed E-state index contributed by atoms with van der Waals surface area (Å²) in [7, 11) is -2.81. The summed E-state index contributed by atoms with van der Waals surface area (Å²) in [6.07, 6.45) is 8.23. The average Bonchev–Trinajstić information content (AvgIpc) is 3.27. The third-order valence-electron chi connectivity index (χ3n) is 5.81. The Balaban J connectivity index is 0.00000225. The van der Waals surface area contributed by atoms with Crippen molar-refractivity contribution in [1.29, 1.82) is 0 Å². The number of halogens is 1. The van der Waals surface area contributed by atoms with Gasteiger partial charge in [0.1, 0.15) is 0 Å². The Morgan fingerprint density at radius 3 is 2.00 bits per heavy atom. The van der Waals surface area contributed by atoms with Crippen LogP contribution >= 0.6 is 24.0 Å². The van der Waals surface area contributed by atoms with Crippen LogP contribution in [0.4, 0.5) is 0 Å². The summed E-state index contributed by atoms with van der Waals surface area (Å²) in [4.78, 5) is 4.73. The van der Waals surface area contributed by atoms with E-state index in [1.54, 1.807) is 0 Å². The molecule has 25 heavy (non-hydrogen) atoms. The van der Waals surface area contributed by atoms with Crippen LogP contribution in [0.3, 0.4) is 0 Å². The number of hydrogen-bond acceptors (Lipinski definition) is 3. The van der Waals surface area contributed by atoms with Crippen molar-refractivity contribution in [3.8, 4) is 0 Å². The van der Waals surface area contributed by atoms with Crippen LogP contribution in [0.15, 0.2) is 4.99 Å². The minimum Gasteiger partial charge on any atom is -0.354 e. The maximum atomic E-state index is 11.6. The highest BCUT2D eigenvalue weighted by atomic mass is 127. The summed E-state index contributed by atoms with van der Waals surface area (Å²) in [5.74, 6) is 3.41. The summed E-state index contributed by atoms with van der Waals surface area (Å²) >= 11 is 0. The van der Waals surface area contributed by atoms with Gasteiger partial charge in [0.15, 0.2) is 15.8 Å². The first-order valence-electron chi connectivity index (χ1n) is 9.69. The number of sulfone groups is 1. The smallest absolute Gasteiger partial charge is 0.191 e. The zero-order valence-electron chi connectivity index (χ0n) is 15.5. The number of aliphatic imine (C=N–C) groups is 1. The highest BCUT2D eigenvalue weighted by Crippen LogP contribution is 2.30. The molecule has 2 N–H and O–H groups in total. The molecule has 0 aromatic rings. The van der Waals surface area contributed by atoms with Crippen molar-refractivity contribution in [2.75, 3.05) is 18.1 Å². The topological polar surface area (TPSA) is 70.6 Å². The molecular weight excluding hydrogens is 449 g/mol. The average molecular weight is 483 g/mol. The van der Waals surface area contributed by atoms with Gasteiger partial charge in [-0.2, -0.15) is 0 Å². The fourth-order valence-corrected chi connectivity index (χ4v) is 5.76. The van der Waals surface area contributed by atoms with E-state index in [2.05, 4.69) is 24.5 Å². The summed E-state index contributed by atoms with van der Waals surface area (Å²) in [6, 6.07) is 1.08. The highest BCUT2D eigenvalue weighted by Gasteiger charge is 2.29. The lowest BCUT2D eigenvalue weighted by Crippen LogP contribution is -2.46. The van der Waals surface area contributed by atoms with Crippen LogP contribution in [-0.4, -0.2) is 44.5 Å². The Morgan fingerprint density at radius 2 is 1.56 bits per heavy atom. The van der Waals surface area contributed by atoms with Gasteiger partial charge in [0, 0.05) is 18.6 Å². The quantitative estimate of drug-likeness (QED) is 0.359. The van der Waals surface area contributed by atoms with Gasteiger partial charge in [-0.3, -0.25) is 4.99 Å². The predicted octanol–water partition coefficient (Wildman–Crippen LogP) is 2.95. The van der Waals surface area contributed by atoms with Gasteiger partial charge in [-0.25, -0.2) is 8.42 Å². The Kier molecular flexibility index (Phi) is 7.85. The van der Waals surface area contributed by atoms with Crippen LogP contribution in [0.25, 0.3) is 0 Å². The number of guanidine groups is 1. The minimum atomic E-state index is -2.81. The van der Waals surface area contributed by atoms with Crippen LogP contribution in [0.5, 0.6) is 0 Å². The van der Waals surface area contributed by atoms with Gasteiger partial charge in [0.2, 0.25) is 0 Å². The van der Waals surface area contributed by atoms with Crippen molar-refractivity contribution < 1.29 is 8.42 Å². The zero-order valence-corrected chi connectivity index (χ0v) is 18.7. The summed E-state index contributed by atoms with van der Waals surface area (Å²) in [6.45, 7) is 5.29. The molecule has 3 aliphatic rings. The number of rotatable bonds is 5. The Morgan fingerprint density at radius 1 is 1.00 bits per heavy atom. The van der Waals surface area contributed by atoms with Crippen molar-refractivity contribution in [1.82, 2.24) is 10.6 Å². The van der Waals surface area contributed by atoms with Gasteiger partial charge >= 0.3 is 0 Å². The first-order chi connectivity index (χ1) is 11.4. The number of nitrogens with zero attached hydrogens (tertiary/aromatic N) is 1. The third-order valence-corrected chi connectivity index (χ3v) is 7.65. The Labute approximate surface area is 170 Å². The van der Waals surface area contributed by atoms with Crippen LogP contribution in [0.1, 0.15) is 58.8 Å². The number of nitrogens with one attached hydrogen (secondary N) is 2. The highest BCUT2D eigenvalue weighted by molar-refractivity contribution is 14.0. The monoisotopic (exact) mass is 483 g/mol. The molecule has 0 bridgehead atoms. The third kappa shape index (κ3) is 6.88. The van der Waals surface area contributed by atoms with Crippen molar-refractivity contribution in [3.63, 3.8) is 0 Å². The van der Waals surface area contributed by atoms with Crippen molar-refractivity contribution in [2.24, 2.45) is 22.7 Å². The molecule has 1 unspecified atom stereocenters. The Bertz CT molecular complexity index is 553. The van der Waals surface area contributed by atoms with Gasteiger partial charge in [0.25, 0.3) is 0 Å².